The summed E-state index contributed by atoms with van der Waals surface area (Å²) in [6.45, 7) is 3.93. The van der Waals surface area contributed by atoms with E-state index in [1.165, 1.54) is 0 Å². The van der Waals surface area contributed by atoms with Crippen LogP contribution in [0.3, 0.4) is 0 Å². The van der Waals surface area contributed by atoms with Crippen LogP contribution in [-0.4, -0.2) is 5.11 Å². The Morgan fingerprint density at radius 1 is 1.11 bits per heavy atom. The fourth-order valence-electron chi connectivity index (χ4n) is 2.01. The first-order valence-electron chi connectivity index (χ1n) is 5.85. The summed E-state index contributed by atoms with van der Waals surface area (Å²) in [6.07, 6.45) is 3.76. The Kier molecular flexibility index (Phi) is 3.73. The van der Waals surface area contributed by atoms with Gasteiger partial charge >= 0.3 is 0 Å². The first kappa shape index (κ1) is 12.7. The van der Waals surface area contributed by atoms with Crippen molar-refractivity contribution in [1.82, 2.24) is 0 Å². The van der Waals surface area contributed by atoms with Crippen LogP contribution >= 0.6 is 11.6 Å². The summed E-state index contributed by atoms with van der Waals surface area (Å²) in [5.74, 6) is 0.231. The van der Waals surface area contributed by atoms with Gasteiger partial charge in [0.25, 0.3) is 0 Å². The Hall–Kier alpha value is -1.73. The molecular weight excluding hydrogens is 244 g/mol. The zero-order valence-electron chi connectivity index (χ0n) is 10.4. The van der Waals surface area contributed by atoms with Crippen molar-refractivity contribution in [3.05, 3.63) is 58.6 Å². The fraction of sp³-hybridized carbons (Fsp3) is 0.125. The summed E-state index contributed by atoms with van der Waals surface area (Å²) < 4.78 is 0. The molecule has 0 amide bonds. The van der Waals surface area contributed by atoms with E-state index in [-0.39, 0.29) is 5.75 Å². The molecule has 0 aromatic heterocycles. The predicted octanol–water partition coefficient (Wildman–Crippen LogP) is 5.05. The van der Waals surface area contributed by atoms with E-state index in [2.05, 4.69) is 0 Å². The smallest absolute Gasteiger partial charge is 0.132 e. The minimum atomic E-state index is 0.231. The highest BCUT2D eigenvalue weighted by Gasteiger charge is 2.13. The summed E-state index contributed by atoms with van der Waals surface area (Å²) in [5, 5.41) is 10.9. The second kappa shape index (κ2) is 5.28. The highest BCUT2D eigenvalue weighted by atomic mass is 35.5. The van der Waals surface area contributed by atoms with Crippen LogP contribution in [0.2, 0.25) is 5.02 Å². The number of aryl methyl sites for hydroxylation is 1. The number of aromatic hydroxyl groups is 1. The molecule has 0 saturated heterocycles. The summed E-state index contributed by atoms with van der Waals surface area (Å²) in [7, 11) is 0. The third-order valence-electron chi connectivity index (χ3n) is 2.92. The van der Waals surface area contributed by atoms with E-state index < -0.39 is 0 Å². The maximum atomic E-state index is 10.3. The normalized spacial score (nSPS) is 11.1. The molecule has 0 spiro atoms. The number of hydrogen-bond donors (Lipinski definition) is 1. The molecule has 0 aliphatic rings. The Bertz CT molecular complexity index is 600. The quantitative estimate of drug-likeness (QED) is 0.799. The van der Waals surface area contributed by atoms with Crippen molar-refractivity contribution in [1.29, 1.82) is 0 Å². The van der Waals surface area contributed by atoms with Crippen molar-refractivity contribution in [2.75, 3.05) is 0 Å². The van der Waals surface area contributed by atoms with Gasteiger partial charge in [0.2, 0.25) is 0 Å². The highest BCUT2D eigenvalue weighted by Crippen LogP contribution is 2.40. The van der Waals surface area contributed by atoms with Gasteiger partial charge in [0, 0.05) is 11.1 Å². The molecule has 0 heterocycles. The van der Waals surface area contributed by atoms with Crippen LogP contribution in [0.15, 0.2) is 42.5 Å². The Balaban J connectivity index is 2.71. The largest absolute Gasteiger partial charge is 0.507 e. The minimum Gasteiger partial charge on any atom is -0.507 e. The van der Waals surface area contributed by atoms with Crippen LogP contribution in [0, 0.1) is 6.92 Å². The van der Waals surface area contributed by atoms with Gasteiger partial charge in [0.05, 0.1) is 5.02 Å². The van der Waals surface area contributed by atoms with Crippen LogP contribution in [0.4, 0.5) is 0 Å². The number of phenolic OH excluding ortho intramolecular Hbond substituents is 1. The molecule has 1 N–H and O–H groups in total. The molecule has 2 heteroatoms. The second-order valence-corrected chi connectivity index (χ2v) is 4.58. The minimum absolute atomic E-state index is 0.231. The lowest BCUT2D eigenvalue weighted by atomic mass is 9.97. The number of benzene rings is 2. The summed E-state index contributed by atoms with van der Waals surface area (Å²) in [6, 6.07) is 11.5. The predicted molar refractivity (Wildman–Crippen MR) is 78.0 cm³/mol. The first-order chi connectivity index (χ1) is 8.65. The summed E-state index contributed by atoms with van der Waals surface area (Å²) in [5.41, 5.74) is 3.53. The molecule has 0 bridgehead atoms. The van der Waals surface area contributed by atoms with E-state index in [0.717, 1.165) is 16.7 Å². The lowest BCUT2D eigenvalue weighted by Crippen LogP contribution is -1.87. The van der Waals surface area contributed by atoms with Gasteiger partial charge < -0.3 is 5.11 Å². The molecule has 2 aromatic carbocycles. The molecule has 0 unspecified atom stereocenters. The number of rotatable bonds is 2. The molecule has 0 radical (unpaired) electrons. The monoisotopic (exact) mass is 258 g/mol. The van der Waals surface area contributed by atoms with Gasteiger partial charge in [-0.1, -0.05) is 48.0 Å². The van der Waals surface area contributed by atoms with Gasteiger partial charge in [0.1, 0.15) is 5.75 Å². The Morgan fingerprint density at radius 2 is 1.83 bits per heavy atom. The van der Waals surface area contributed by atoms with Crippen molar-refractivity contribution < 1.29 is 5.11 Å². The van der Waals surface area contributed by atoms with E-state index in [0.29, 0.717) is 10.6 Å². The highest BCUT2D eigenvalue weighted by molar-refractivity contribution is 6.33. The molecule has 1 nitrogen and oxygen atoms in total. The number of allylic oxidation sites excluding steroid dienone is 1. The van der Waals surface area contributed by atoms with Gasteiger partial charge in [-0.05, 0) is 37.1 Å². The second-order valence-electron chi connectivity index (χ2n) is 4.18. The summed E-state index contributed by atoms with van der Waals surface area (Å²) >= 11 is 6.22. The van der Waals surface area contributed by atoms with Crippen molar-refractivity contribution in [3.8, 4) is 16.9 Å². The van der Waals surface area contributed by atoms with E-state index in [9.17, 15) is 5.11 Å². The van der Waals surface area contributed by atoms with E-state index in [4.69, 9.17) is 11.6 Å². The van der Waals surface area contributed by atoms with Gasteiger partial charge in [-0.25, -0.2) is 0 Å². The van der Waals surface area contributed by atoms with Crippen LogP contribution in [0.1, 0.15) is 18.1 Å². The number of halogens is 1. The average Bonchev–Trinajstić information content (AvgIpc) is 2.35. The molecular formula is C16H15ClO. The maximum absolute atomic E-state index is 10.3. The zero-order chi connectivity index (χ0) is 13.1. The van der Waals surface area contributed by atoms with Gasteiger partial charge in [0.15, 0.2) is 0 Å². The molecule has 0 saturated carbocycles. The lowest BCUT2D eigenvalue weighted by molar-refractivity contribution is 0.476. The molecule has 2 aromatic rings. The topological polar surface area (TPSA) is 20.2 Å². The third kappa shape index (κ3) is 2.27. The Morgan fingerprint density at radius 3 is 2.50 bits per heavy atom. The van der Waals surface area contributed by atoms with Crippen molar-refractivity contribution in [2.45, 2.75) is 13.8 Å². The number of phenols is 1. The first-order valence-corrected chi connectivity index (χ1v) is 6.23. The average molecular weight is 259 g/mol. The molecule has 0 fully saturated rings. The van der Waals surface area contributed by atoms with Crippen molar-refractivity contribution in [3.63, 3.8) is 0 Å². The van der Waals surface area contributed by atoms with Crippen LogP contribution < -0.4 is 0 Å². The zero-order valence-corrected chi connectivity index (χ0v) is 11.2. The lowest BCUT2D eigenvalue weighted by Gasteiger charge is -2.12. The number of hydrogen-bond acceptors (Lipinski definition) is 1. The molecule has 92 valence electrons. The van der Waals surface area contributed by atoms with Crippen LogP contribution in [0.25, 0.3) is 17.2 Å². The van der Waals surface area contributed by atoms with Crippen molar-refractivity contribution >= 4 is 17.7 Å². The van der Waals surface area contributed by atoms with Crippen molar-refractivity contribution in [2.24, 2.45) is 0 Å². The van der Waals surface area contributed by atoms with Crippen LogP contribution in [0.5, 0.6) is 5.75 Å². The molecule has 2 rings (SSSR count). The molecule has 18 heavy (non-hydrogen) atoms. The van der Waals surface area contributed by atoms with E-state index in [1.807, 2.05) is 62.4 Å². The summed E-state index contributed by atoms with van der Waals surface area (Å²) in [4.78, 5) is 0. The third-order valence-corrected chi connectivity index (χ3v) is 3.23. The van der Waals surface area contributed by atoms with Gasteiger partial charge in [-0.3, -0.25) is 0 Å². The Labute approximate surface area is 112 Å². The van der Waals surface area contributed by atoms with Crippen LogP contribution in [-0.2, 0) is 0 Å². The van der Waals surface area contributed by atoms with E-state index >= 15 is 0 Å². The van der Waals surface area contributed by atoms with E-state index in [1.54, 1.807) is 0 Å². The SMILES string of the molecule is C/C=C/c1ccc(Cl)c(-c2ccccc2C)c1O. The van der Waals surface area contributed by atoms with Gasteiger partial charge in [-0.15, -0.1) is 0 Å². The maximum Gasteiger partial charge on any atom is 0.132 e. The molecule has 0 atom stereocenters. The molecule has 0 aliphatic heterocycles. The molecule has 0 aliphatic carbocycles. The van der Waals surface area contributed by atoms with Gasteiger partial charge in [-0.2, -0.15) is 0 Å². The fourth-order valence-corrected chi connectivity index (χ4v) is 2.26. The standard InChI is InChI=1S/C16H15ClO/c1-3-6-12-9-10-14(17)15(16(12)18)13-8-5-4-7-11(13)2/h3-10,18H,1-2H3/b6-3+.